The highest BCUT2D eigenvalue weighted by molar-refractivity contribution is 6.03. The van der Waals surface area contributed by atoms with Gasteiger partial charge in [-0.1, -0.05) is 24.3 Å². The number of benzene rings is 2. The van der Waals surface area contributed by atoms with Gasteiger partial charge in [0, 0.05) is 23.9 Å². The molecule has 0 atom stereocenters. The number of hydrogen-bond donors (Lipinski definition) is 1. The molecule has 1 aliphatic rings. The van der Waals surface area contributed by atoms with Crippen LogP contribution in [0.2, 0.25) is 0 Å². The summed E-state index contributed by atoms with van der Waals surface area (Å²) in [7, 11) is 0. The van der Waals surface area contributed by atoms with Gasteiger partial charge in [0.15, 0.2) is 0 Å². The normalized spacial score (nSPS) is 14.2. The largest absolute Gasteiger partial charge is 0.464 e. The first kappa shape index (κ1) is 16.4. The smallest absolute Gasteiger partial charge is 0.228 e. The fourth-order valence-corrected chi connectivity index (χ4v) is 3.41. The van der Waals surface area contributed by atoms with Crippen LogP contribution in [0.5, 0.6) is 0 Å². The third-order valence-electron chi connectivity index (χ3n) is 4.70. The minimum Gasteiger partial charge on any atom is -0.464 e. The van der Waals surface area contributed by atoms with E-state index in [1.807, 2.05) is 49.4 Å². The number of rotatable bonds is 4. The van der Waals surface area contributed by atoms with Gasteiger partial charge in [-0.05, 0) is 37.1 Å². The molecular formula is C21H20N2O3. The Labute approximate surface area is 151 Å². The zero-order valence-corrected chi connectivity index (χ0v) is 14.6. The summed E-state index contributed by atoms with van der Waals surface area (Å²) in [5, 5.41) is 3.90. The van der Waals surface area contributed by atoms with Gasteiger partial charge in [0.1, 0.15) is 5.58 Å². The Balaban J connectivity index is 1.54. The Morgan fingerprint density at radius 1 is 1.23 bits per heavy atom. The van der Waals surface area contributed by atoms with Crippen LogP contribution in [0, 0.1) is 6.92 Å². The summed E-state index contributed by atoms with van der Waals surface area (Å²) in [5.41, 5.74) is 4.18. The van der Waals surface area contributed by atoms with Crippen LogP contribution in [0.3, 0.4) is 0 Å². The second kappa shape index (κ2) is 6.67. The standard InChI is InChI=1S/C21H20N2O3/c1-14-8-9-16-15(13-26-19(16)11-14)12-20(24)22-17-5-2-3-6-18(17)23-10-4-7-21(23)25/h2-3,5-6,8-9,11,13H,4,7,10,12H2,1H3,(H,22,24). The Morgan fingerprint density at radius 2 is 2.08 bits per heavy atom. The number of para-hydroxylation sites is 2. The molecule has 1 fully saturated rings. The van der Waals surface area contributed by atoms with E-state index in [4.69, 9.17) is 4.42 Å². The molecule has 0 bridgehead atoms. The van der Waals surface area contributed by atoms with Crippen molar-refractivity contribution >= 4 is 34.2 Å². The maximum Gasteiger partial charge on any atom is 0.228 e. The number of amides is 2. The summed E-state index contributed by atoms with van der Waals surface area (Å²) in [6, 6.07) is 13.4. The molecule has 0 unspecified atom stereocenters. The predicted octanol–water partition coefficient (Wildman–Crippen LogP) is 4.05. The van der Waals surface area contributed by atoms with Crippen LogP contribution >= 0.6 is 0 Å². The number of nitrogens with zero attached hydrogens (tertiary/aromatic N) is 1. The molecule has 1 aromatic heterocycles. The van der Waals surface area contributed by atoms with Gasteiger partial charge in [0.05, 0.1) is 24.1 Å². The minimum absolute atomic E-state index is 0.0999. The lowest BCUT2D eigenvalue weighted by atomic mass is 10.1. The highest BCUT2D eigenvalue weighted by Crippen LogP contribution is 2.30. The Hall–Kier alpha value is -3.08. The number of hydrogen-bond acceptors (Lipinski definition) is 3. The lowest BCUT2D eigenvalue weighted by Gasteiger charge is -2.19. The average Bonchev–Trinajstić information content (AvgIpc) is 3.21. The summed E-state index contributed by atoms with van der Waals surface area (Å²) < 4.78 is 5.57. The predicted molar refractivity (Wildman–Crippen MR) is 101 cm³/mol. The molecule has 0 saturated carbocycles. The maximum atomic E-state index is 12.6. The summed E-state index contributed by atoms with van der Waals surface area (Å²) in [6.45, 7) is 2.70. The molecule has 5 heteroatoms. The molecular weight excluding hydrogens is 328 g/mol. The fourth-order valence-electron chi connectivity index (χ4n) is 3.41. The van der Waals surface area contributed by atoms with Crippen molar-refractivity contribution in [2.75, 3.05) is 16.8 Å². The Kier molecular flexibility index (Phi) is 4.21. The number of nitrogens with one attached hydrogen (secondary N) is 1. The van der Waals surface area contributed by atoms with E-state index in [0.717, 1.165) is 34.2 Å². The molecule has 0 spiro atoms. The molecule has 1 N–H and O–H groups in total. The lowest BCUT2D eigenvalue weighted by Crippen LogP contribution is -2.25. The summed E-state index contributed by atoms with van der Waals surface area (Å²) in [4.78, 5) is 26.4. The molecule has 132 valence electrons. The summed E-state index contributed by atoms with van der Waals surface area (Å²) >= 11 is 0. The molecule has 1 saturated heterocycles. The highest BCUT2D eigenvalue weighted by Gasteiger charge is 2.24. The average molecular weight is 348 g/mol. The fraction of sp³-hybridized carbons (Fsp3) is 0.238. The Bertz CT molecular complexity index is 990. The molecule has 26 heavy (non-hydrogen) atoms. The van der Waals surface area contributed by atoms with Gasteiger partial charge >= 0.3 is 0 Å². The molecule has 3 aromatic rings. The van der Waals surface area contributed by atoms with Crippen LogP contribution in [0.1, 0.15) is 24.0 Å². The molecule has 1 aliphatic heterocycles. The third-order valence-corrected chi connectivity index (χ3v) is 4.70. The number of aryl methyl sites for hydroxylation is 1. The first-order valence-corrected chi connectivity index (χ1v) is 8.78. The van der Waals surface area contributed by atoms with E-state index in [9.17, 15) is 9.59 Å². The van der Waals surface area contributed by atoms with E-state index in [0.29, 0.717) is 18.7 Å². The van der Waals surface area contributed by atoms with Crippen molar-refractivity contribution < 1.29 is 14.0 Å². The lowest BCUT2D eigenvalue weighted by molar-refractivity contribution is -0.117. The molecule has 0 radical (unpaired) electrons. The number of carbonyl (C=O) groups excluding carboxylic acids is 2. The molecule has 2 aromatic carbocycles. The van der Waals surface area contributed by atoms with Crippen LogP contribution < -0.4 is 10.2 Å². The van der Waals surface area contributed by atoms with Crippen molar-refractivity contribution in [1.29, 1.82) is 0 Å². The van der Waals surface area contributed by atoms with Crippen LogP contribution in [0.25, 0.3) is 11.0 Å². The minimum atomic E-state index is -0.132. The van der Waals surface area contributed by atoms with Crippen molar-refractivity contribution in [3.05, 3.63) is 59.9 Å². The molecule has 2 amide bonds. The summed E-state index contributed by atoms with van der Waals surface area (Å²) in [5.74, 6) is -0.0322. The van der Waals surface area contributed by atoms with Crippen molar-refractivity contribution in [3.63, 3.8) is 0 Å². The highest BCUT2D eigenvalue weighted by atomic mass is 16.3. The van der Waals surface area contributed by atoms with Gasteiger partial charge in [-0.15, -0.1) is 0 Å². The van der Waals surface area contributed by atoms with Crippen LogP contribution in [-0.4, -0.2) is 18.4 Å². The zero-order valence-electron chi connectivity index (χ0n) is 14.6. The number of fused-ring (bicyclic) bond motifs is 1. The van der Waals surface area contributed by atoms with E-state index >= 15 is 0 Å². The van der Waals surface area contributed by atoms with Crippen molar-refractivity contribution in [3.8, 4) is 0 Å². The number of anilines is 2. The van der Waals surface area contributed by atoms with Crippen LogP contribution in [-0.2, 0) is 16.0 Å². The van der Waals surface area contributed by atoms with Gasteiger partial charge in [-0.3, -0.25) is 9.59 Å². The molecule has 2 heterocycles. The second-order valence-electron chi connectivity index (χ2n) is 6.65. The van der Waals surface area contributed by atoms with Gasteiger partial charge < -0.3 is 14.6 Å². The summed E-state index contributed by atoms with van der Waals surface area (Å²) in [6.07, 6.45) is 3.27. The van der Waals surface area contributed by atoms with E-state index in [-0.39, 0.29) is 18.2 Å². The SMILES string of the molecule is Cc1ccc2c(CC(=O)Nc3ccccc3N3CCCC3=O)coc2c1. The van der Waals surface area contributed by atoms with Gasteiger partial charge in [0.2, 0.25) is 11.8 Å². The van der Waals surface area contributed by atoms with Gasteiger partial charge in [-0.2, -0.15) is 0 Å². The Morgan fingerprint density at radius 3 is 2.88 bits per heavy atom. The monoisotopic (exact) mass is 348 g/mol. The second-order valence-corrected chi connectivity index (χ2v) is 6.65. The van der Waals surface area contributed by atoms with Crippen molar-refractivity contribution in [2.24, 2.45) is 0 Å². The quantitative estimate of drug-likeness (QED) is 0.774. The topological polar surface area (TPSA) is 62.6 Å². The van der Waals surface area contributed by atoms with E-state index < -0.39 is 0 Å². The van der Waals surface area contributed by atoms with Crippen molar-refractivity contribution in [2.45, 2.75) is 26.2 Å². The van der Waals surface area contributed by atoms with E-state index in [2.05, 4.69) is 5.32 Å². The van der Waals surface area contributed by atoms with E-state index in [1.54, 1.807) is 11.2 Å². The van der Waals surface area contributed by atoms with Gasteiger partial charge in [-0.25, -0.2) is 0 Å². The van der Waals surface area contributed by atoms with Crippen LogP contribution in [0.15, 0.2) is 53.1 Å². The molecule has 4 rings (SSSR count). The maximum absolute atomic E-state index is 12.6. The van der Waals surface area contributed by atoms with Crippen LogP contribution in [0.4, 0.5) is 11.4 Å². The first-order valence-electron chi connectivity index (χ1n) is 8.78. The number of furan rings is 1. The molecule has 5 nitrogen and oxygen atoms in total. The first-order chi connectivity index (χ1) is 12.6. The van der Waals surface area contributed by atoms with E-state index in [1.165, 1.54) is 0 Å². The third kappa shape index (κ3) is 3.08. The van der Waals surface area contributed by atoms with Gasteiger partial charge in [0.25, 0.3) is 0 Å². The molecule has 0 aliphatic carbocycles. The van der Waals surface area contributed by atoms with Crippen molar-refractivity contribution in [1.82, 2.24) is 0 Å². The number of carbonyl (C=O) groups is 2. The zero-order chi connectivity index (χ0) is 18.1.